The molecule has 0 saturated heterocycles. The molecule has 0 aliphatic carbocycles. The molecule has 0 atom stereocenters. The molecule has 0 unspecified atom stereocenters. The Kier molecular flexibility index (Phi) is 5.83. The highest BCUT2D eigenvalue weighted by molar-refractivity contribution is 6.33. The maximum atomic E-state index is 12.2. The van der Waals surface area contributed by atoms with Crippen molar-refractivity contribution in [3.05, 3.63) is 70.9 Å². The summed E-state index contributed by atoms with van der Waals surface area (Å²) in [5.74, 6) is -0.502. The van der Waals surface area contributed by atoms with Gasteiger partial charge in [-0.1, -0.05) is 41.9 Å². The van der Waals surface area contributed by atoms with Gasteiger partial charge in [0.15, 0.2) is 0 Å². The van der Waals surface area contributed by atoms with Crippen LogP contribution < -0.4 is 11.1 Å². The summed E-state index contributed by atoms with van der Waals surface area (Å²) in [6.45, 7) is 0.590. The molecule has 0 aliphatic heterocycles. The van der Waals surface area contributed by atoms with Crippen molar-refractivity contribution in [3.63, 3.8) is 0 Å². The van der Waals surface area contributed by atoms with Crippen molar-refractivity contribution in [3.8, 4) is 6.07 Å². The topological polar surface area (TPSA) is 82.2 Å². The Morgan fingerprint density at radius 1 is 1.33 bits per heavy atom. The molecule has 0 bridgehead atoms. The van der Waals surface area contributed by atoms with Crippen LogP contribution in [0.25, 0.3) is 0 Å². The number of anilines is 2. The first-order valence-electron chi connectivity index (χ1n) is 7.22. The summed E-state index contributed by atoms with van der Waals surface area (Å²) in [5, 5.41) is 12.2. The summed E-state index contributed by atoms with van der Waals surface area (Å²) in [4.78, 5) is 14.0. The van der Waals surface area contributed by atoms with E-state index < -0.39 is 5.91 Å². The van der Waals surface area contributed by atoms with Gasteiger partial charge in [-0.05, 0) is 23.8 Å². The zero-order valence-electron chi connectivity index (χ0n) is 13.2. The van der Waals surface area contributed by atoms with E-state index in [0.29, 0.717) is 22.9 Å². The van der Waals surface area contributed by atoms with E-state index in [1.165, 1.54) is 12.3 Å². The molecule has 0 aromatic heterocycles. The largest absolute Gasteiger partial charge is 0.398 e. The van der Waals surface area contributed by atoms with Gasteiger partial charge in [-0.25, -0.2) is 0 Å². The highest BCUT2D eigenvalue weighted by Gasteiger charge is 2.11. The lowest BCUT2D eigenvalue weighted by Gasteiger charge is -2.15. The predicted octanol–water partition coefficient (Wildman–Crippen LogP) is 3.40. The molecule has 0 aliphatic rings. The highest BCUT2D eigenvalue weighted by atomic mass is 35.5. The number of nitrogen functional groups attached to an aromatic ring is 1. The van der Waals surface area contributed by atoms with Crippen LogP contribution in [-0.2, 0) is 11.3 Å². The van der Waals surface area contributed by atoms with E-state index in [2.05, 4.69) is 5.32 Å². The molecule has 5 nitrogen and oxygen atoms in total. The zero-order chi connectivity index (χ0) is 17.5. The maximum absolute atomic E-state index is 12.2. The molecule has 0 heterocycles. The number of hydrogen-bond acceptors (Lipinski definition) is 4. The van der Waals surface area contributed by atoms with Crippen molar-refractivity contribution in [2.45, 2.75) is 6.54 Å². The van der Waals surface area contributed by atoms with Gasteiger partial charge < -0.3 is 16.0 Å². The normalized spacial score (nSPS) is 10.8. The van der Waals surface area contributed by atoms with Gasteiger partial charge in [-0.3, -0.25) is 4.79 Å². The molecule has 0 saturated carbocycles. The Morgan fingerprint density at radius 3 is 2.67 bits per heavy atom. The number of nitrogens with one attached hydrogen (secondary N) is 1. The second kappa shape index (κ2) is 8.04. The number of benzene rings is 2. The van der Waals surface area contributed by atoms with E-state index >= 15 is 0 Å². The lowest BCUT2D eigenvalue weighted by Crippen LogP contribution is -2.18. The summed E-state index contributed by atoms with van der Waals surface area (Å²) in [6.07, 6.45) is 1.52. The predicted molar refractivity (Wildman–Crippen MR) is 96.1 cm³/mol. The van der Waals surface area contributed by atoms with Gasteiger partial charge in [0.1, 0.15) is 11.6 Å². The number of hydrogen-bond donors (Lipinski definition) is 2. The summed E-state index contributed by atoms with van der Waals surface area (Å²) in [6, 6.07) is 16.4. The fraction of sp³-hybridized carbons (Fsp3) is 0.111. The van der Waals surface area contributed by atoms with Crippen molar-refractivity contribution >= 4 is 28.9 Å². The third kappa shape index (κ3) is 4.77. The molecule has 6 heteroatoms. The molecule has 0 radical (unpaired) electrons. The van der Waals surface area contributed by atoms with Gasteiger partial charge in [0, 0.05) is 25.5 Å². The zero-order valence-corrected chi connectivity index (χ0v) is 13.9. The molecule has 2 aromatic carbocycles. The van der Waals surface area contributed by atoms with Crippen molar-refractivity contribution in [1.29, 1.82) is 5.26 Å². The van der Waals surface area contributed by atoms with E-state index in [-0.39, 0.29) is 5.57 Å². The molecular formula is C18H17ClN4O. The van der Waals surface area contributed by atoms with E-state index in [4.69, 9.17) is 17.3 Å². The number of carbonyl (C=O) groups is 1. The number of nitrogens with two attached hydrogens (primary N) is 1. The van der Waals surface area contributed by atoms with Crippen LogP contribution in [0, 0.1) is 11.3 Å². The quantitative estimate of drug-likeness (QED) is 0.496. The van der Waals surface area contributed by atoms with Gasteiger partial charge in [0.05, 0.1) is 10.7 Å². The molecule has 1 amide bonds. The smallest absolute Gasteiger partial charge is 0.267 e. The number of halogens is 1. The van der Waals surface area contributed by atoms with Crippen LogP contribution in [-0.4, -0.2) is 17.9 Å². The van der Waals surface area contributed by atoms with Crippen molar-refractivity contribution in [2.24, 2.45) is 0 Å². The lowest BCUT2D eigenvalue weighted by molar-refractivity contribution is -0.112. The third-order valence-corrected chi connectivity index (χ3v) is 3.58. The van der Waals surface area contributed by atoms with E-state index in [9.17, 15) is 10.1 Å². The van der Waals surface area contributed by atoms with Gasteiger partial charge in [0.25, 0.3) is 5.91 Å². The minimum atomic E-state index is -0.502. The van der Waals surface area contributed by atoms with Crippen LogP contribution in [0.2, 0.25) is 5.02 Å². The Morgan fingerprint density at radius 2 is 2.04 bits per heavy atom. The molecule has 24 heavy (non-hydrogen) atoms. The van der Waals surface area contributed by atoms with Crippen LogP contribution >= 0.6 is 11.6 Å². The second-order valence-electron chi connectivity index (χ2n) is 5.25. The minimum Gasteiger partial charge on any atom is -0.398 e. The Labute approximate surface area is 145 Å². The highest BCUT2D eigenvalue weighted by Crippen LogP contribution is 2.22. The summed E-state index contributed by atoms with van der Waals surface area (Å²) < 4.78 is 0. The molecule has 0 fully saturated rings. The van der Waals surface area contributed by atoms with Crippen molar-refractivity contribution in [1.82, 2.24) is 4.90 Å². The van der Waals surface area contributed by atoms with Crippen LogP contribution in [0.3, 0.4) is 0 Å². The molecule has 2 aromatic rings. The second-order valence-corrected chi connectivity index (χ2v) is 5.65. The number of nitriles is 1. The van der Waals surface area contributed by atoms with Crippen molar-refractivity contribution in [2.75, 3.05) is 18.1 Å². The first-order chi connectivity index (χ1) is 11.5. The first kappa shape index (κ1) is 17.4. The number of nitrogens with zero attached hydrogens (tertiary/aromatic N) is 2. The monoisotopic (exact) mass is 340 g/mol. The van der Waals surface area contributed by atoms with Gasteiger partial charge in [-0.15, -0.1) is 0 Å². The van der Waals surface area contributed by atoms with Gasteiger partial charge in [-0.2, -0.15) is 5.26 Å². The Balaban J connectivity index is 2.07. The van der Waals surface area contributed by atoms with E-state index in [0.717, 1.165) is 5.56 Å². The number of carbonyl (C=O) groups excluding carboxylic acids is 1. The molecule has 0 spiro atoms. The Bertz CT molecular complexity index is 796. The maximum Gasteiger partial charge on any atom is 0.267 e. The van der Waals surface area contributed by atoms with E-state index in [1.807, 2.05) is 36.4 Å². The molecular weight excluding hydrogens is 324 g/mol. The first-order valence-corrected chi connectivity index (χ1v) is 7.60. The van der Waals surface area contributed by atoms with Crippen LogP contribution in [0.1, 0.15) is 5.56 Å². The lowest BCUT2D eigenvalue weighted by atomic mass is 10.2. The SMILES string of the molecule is CN(/C=C(/C#N)C(=O)Nc1ccc(N)c(Cl)c1)Cc1ccccc1. The van der Waals surface area contributed by atoms with Crippen LogP contribution in [0.5, 0.6) is 0 Å². The van der Waals surface area contributed by atoms with Crippen LogP contribution in [0.4, 0.5) is 11.4 Å². The fourth-order valence-corrected chi connectivity index (χ4v) is 2.26. The summed E-state index contributed by atoms with van der Waals surface area (Å²) in [5.41, 5.74) is 7.62. The van der Waals surface area contributed by atoms with Gasteiger partial charge >= 0.3 is 0 Å². The minimum absolute atomic E-state index is 0.00128. The molecule has 3 N–H and O–H groups in total. The van der Waals surface area contributed by atoms with Crippen LogP contribution in [0.15, 0.2) is 60.3 Å². The molecule has 122 valence electrons. The number of amides is 1. The fourth-order valence-electron chi connectivity index (χ4n) is 2.08. The average Bonchev–Trinajstić information content (AvgIpc) is 2.57. The van der Waals surface area contributed by atoms with Crippen molar-refractivity contribution < 1.29 is 4.79 Å². The number of rotatable bonds is 5. The standard InChI is InChI=1S/C18H17ClN4O/c1-23(11-13-5-3-2-4-6-13)12-14(10-20)18(24)22-15-7-8-17(21)16(19)9-15/h2-9,12H,11,21H2,1H3,(H,22,24)/b14-12-. The third-order valence-electron chi connectivity index (χ3n) is 3.25. The molecule has 2 rings (SSSR count). The summed E-state index contributed by atoms with van der Waals surface area (Å²) >= 11 is 5.92. The summed E-state index contributed by atoms with van der Waals surface area (Å²) in [7, 11) is 1.80. The average molecular weight is 341 g/mol. The van der Waals surface area contributed by atoms with E-state index in [1.54, 1.807) is 24.1 Å². The Hall–Kier alpha value is -2.97. The van der Waals surface area contributed by atoms with Gasteiger partial charge in [0.2, 0.25) is 0 Å².